The molecule has 0 bridgehead atoms. The Hall–Kier alpha value is -2.86. The largest absolute Gasteiger partial charge is 0.493 e. The Labute approximate surface area is 164 Å². The molecule has 4 rings (SSSR count). The number of rotatable bonds is 4. The van der Waals surface area contributed by atoms with Crippen molar-refractivity contribution >= 4 is 17.5 Å². The van der Waals surface area contributed by atoms with Crippen LogP contribution in [0.1, 0.15) is 23.1 Å². The molecule has 1 saturated heterocycles. The van der Waals surface area contributed by atoms with Gasteiger partial charge in [0.25, 0.3) is 5.91 Å². The topological polar surface area (TPSA) is 59.1 Å². The van der Waals surface area contributed by atoms with Gasteiger partial charge in [-0.05, 0) is 54.3 Å². The van der Waals surface area contributed by atoms with Crippen LogP contribution in [0.4, 0.5) is 5.69 Å². The number of carbonyl (C=O) groups is 2. The smallest absolute Gasteiger partial charge is 0.251 e. The van der Waals surface area contributed by atoms with Crippen LogP contribution in [0, 0.1) is 6.92 Å². The van der Waals surface area contributed by atoms with Crippen molar-refractivity contribution in [1.29, 1.82) is 0 Å². The van der Waals surface area contributed by atoms with Gasteiger partial charge in [0, 0.05) is 13.1 Å². The molecule has 0 aliphatic carbocycles. The lowest BCUT2D eigenvalue weighted by Gasteiger charge is -2.32. The highest BCUT2D eigenvalue weighted by Crippen LogP contribution is 2.35. The van der Waals surface area contributed by atoms with Gasteiger partial charge in [0.1, 0.15) is 0 Å². The van der Waals surface area contributed by atoms with Crippen molar-refractivity contribution in [2.75, 3.05) is 25.7 Å². The first-order valence-electron chi connectivity index (χ1n) is 9.43. The van der Waals surface area contributed by atoms with Crippen LogP contribution < -0.4 is 14.4 Å². The number of hydrogen-bond donors (Lipinski definition) is 0. The number of aryl methyl sites for hydroxylation is 1. The fourth-order valence-corrected chi connectivity index (χ4v) is 4.11. The summed E-state index contributed by atoms with van der Waals surface area (Å²) >= 11 is 0. The van der Waals surface area contributed by atoms with Gasteiger partial charge in [0.05, 0.1) is 32.4 Å². The quantitative estimate of drug-likeness (QED) is 0.764. The first-order valence-corrected chi connectivity index (χ1v) is 9.43. The normalized spacial score (nSPS) is 19.7. The Kier molecular flexibility index (Phi) is 4.81. The predicted molar refractivity (Wildman–Crippen MR) is 106 cm³/mol. The number of amides is 2. The third-order valence-corrected chi connectivity index (χ3v) is 5.57. The van der Waals surface area contributed by atoms with Gasteiger partial charge < -0.3 is 9.47 Å². The van der Waals surface area contributed by atoms with Gasteiger partial charge in [-0.15, -0.1) is 0 Å². The van der Waals surface area contributed by atoms with Crippen LogP contribution in [0.5, 0.6) is 11.5 Å². The van der Waals surface area contributed by atoms with Gasteiger partial charge in [-0.3, -0.25) is 14.5 Å². The van der Waals surface area contributed by atoms with Crippen molar-refractivity contribution < 1.29 is 19.1 Å². The second-order valence-electron chi connectivity index (χ2n) is 7.32. The third kappa shape index (κ3) is 3.14. The van der Waals surface area contributed by atoms with Gasteiger partial charge in [0.15, 0.2) is 11.5 Å². The van der Waals surface area contributed by atoms with E-state index in [1.165, 1.54) is 10.5 Å². The molecule has 0 aromatic heterocycles. The zero-order valence-electron chi connectivity index (χ0n) is 16.4. The SMILES string of the molecule is COc1cc2c(cc1OC)CN(C1CC(=O)N(c3cccc(C)c3)C1=O)CC2. The number of nitrogens with zero attached hydrogens (tertiary/aromatic N) is 2. The molecule has 28 heavy (non-hydrogen) atoms. The molecule has 146 valence electrons. The standard InChI is InChI=1S/C22H24N2O4/c1-14-5-4-6-17(9-14)24-21(25)12-18(22(24)26)23-8-7-15-10-19(27-2)20(28-3)11-16(15)13-23/h4-6,9-11,18H,7-8,12-13H2,1-3H3. The van der Waals surface area contributed by atoms with Gasteiger partial charge in [0.2, 0.25) is 5.91 Å². The van der Waals surface area contributed by atoms with E-state index in [9.17, 15) is 9.59 Å². The van der Waals surface area contributed by atoms with Crippen LogP contribution in [-0.4, -0.2) is 43.5 Å². The van der Waals surface area contributed by atoms with Crippen molar-refractivity contribution in [3.05, 3.63) is 53.1 Å². The Morgan fingerprint density at radius 1 is 1.00 bits per heavy atom. The number of imide groups is 1. The lowest BCUT2D eigenvalue weighted by Crippen LogP contribution is -2.44. The Morgan fingerprint density at radius 2 is 1.71 bits per heavy atom. The maximum atomic E-state index is 13.1. The fraction of sp³-hybridized carbons (Fsp3) is 0.364. The molecule has 2 aliphatic heterocycles. The maximum Gasteiger partial charge on any atom is 0.251 e. The van der Waals surface area contributed by atoms with Crippen molar-refractivity contribution in [3.8, 4) is 11.5 Å². The second-order valence-corrected chi connectivity index (χ2v) is 7.32. The molecule has 2 aromatic carbocycles. The molecule has 0 N–H and O–H groups in total. The first-order chi connectivity index (χ1) is 13.5. The molecule has 1 atom stereocenters. The van der Waals surface area contributed by atoms with Gasteiger partial charge >= 0.3 is 0 Å². The zero-order valence-corrected chi connectivity index (χ0v) is 16.4. The number of carbonyl (C=O) groups excluding carboxylic acids is 2. The lowest BCUT2D eigenvalue weighted by molar-refractivity contribution is -0.123. The van der Waals surface area contributed by atoms with Crippen LogP contribution in [0.25, 0.3) is 0 Å². The van der Waals surface area contributed by atoms with E-state index in [4.69, 9.17) is 9.47 Å². The number of benzene rings is 2. The highest BCUT2D eigenvalue weighted by molar-refractivity contribution is 6.22. The van der Waals surface area contributed by atoms with Crippen LogP contribution in [0.3, 0.4) is 0 Å². The third-order valence-electron chi connectivity index (χ3n) is 5.57. The van der Waals surface area contributed by atoms with Crippen molar-refractivity contribution in [3.63, 3.8) is 0 Å². The number of fused-ring (bicyclic) bond motifs is 1. The van der Waals surface area contributed by atoms with E-state index in [0.29, 0.717) is 23.7 Å². The van der Waals surface area contributed by atoms with Crippen LogP contribution in [0.15, 0.2) is 36.4 Å². The van der Waals surface area contributed by atoms with E-state index in [-0.39, 0.29) is 18.2 Å². The maximum absolute atomic E-state index is 13.1. The number of hydrogen-bond acceptors (Lipinski definition) is 5. The summed E-state index contributed by atoms with van der Waals surface area (Å²) in [5, 5.41) is 0. The van der Waals surface area contributed by atoms with Crippen LogP contribution in [0.2, 0.25) is 0 Å². The van der Waals surface area contributed by atoms with Gasteiger partial charge in [-0.2, -0.15) is 0 Å². The summed E-state index contributed by atoms with van der Waals surface area (Å²) in [4.78, 5) is 29.1. The monoisotopic (exact) mass is 380 g/mol. The van der Waals surface area contributed by atoms with E-state index in [1.807, 2.05) is 43.3 Å². The Bertz CT molecular complexity index is 940. The van der Waals surface area contributed by atoms with Crippen LogP contribution in [-0.2, 0) is 22.6 Å². The second kappa shape index (κ2) is 7.28. The molecule has 0 saturated carbocycles. The summed E-state index contributed by atoms with van der Waals surface area (Å²) in [6, 6.07) is 11.1. The molecule has 6 heteroatoms. The van der Waals surface area contributed by atoms with Gasteiger partial charge in [-0.1, -0.05) is 12.1 Å². The van der Waals surface area contributed by atoms with Crippen molar-refractivity contribution in [2.45, 2.75) is 32.4 Å². The highest BCUT2D eigenvalue weighted by Gasteiger charge is 2.43. The molecule has 2 aromatic rings. The minimum absolute atomic E-state index is 0.139. The van der Waals surface area contributed by atoms with E-state index >= 15 is 0 Å². The molecule has 1 fully saturated rings. The average Bonchev–Trinajstić information content (AvgIpc) is 3.00. The summed E-state index contributed by atoms with van der Waals surface area (Å²) in [6.07, 6.45) is 1.02. The average molecular weight is 380 g/mol. The van der Waals surface area contributed by atoms with E-state index in [2.05, 4.69) is 4.90 Å². The number of ether oxygens (including phenoxy) is 2. The Morgan fingerprint density at radius 3 is 2.39 bits per heavy atom. The fourth-order valence-electron chi connectivity index (χ4n) is 4.11. The van der Waals surface area contributed by atoms with Gasteiger partial charge in [-0.25, -0.2) is 4.90 Å². The summed E-state index contributed by atoms with van der Waals surface area (Å²) in [5.41, 5.74) is 3.98. The summed E-state index contributed by atoms with van der Waals surface area (Å²) in [7, 11) is 3.24. The number of anilines is 1. The molecule has 1 unspecified atom stereocenters. The van der Waals surface area contributed by atoms with E-state index in [0.717, 1.165) is 24.1 Å². The molecular formula is C22H24N2O4. The lowest BCUT2D eigenvalue weighted by atomic mass is 9.97. The minimum atomic E-state index is -0.422. The molecule has 2 aliphatic rings. The van der Waals surface area contributed by atoms with E-state index < -0.39 is 6.04 Å². The van der Waals surface area contributed by atoms with Crippen LogP contribution >= 0.6 is 0 Å². The number of methoxy groups -OCH3 is 2. The summed E-state index contributed by atoms with van der Waals surface area (Å²) < 4.78 is 10.8. The van der Waals surface area contributed by atoms with Crippen molar-refractivity contribution in [2.24, 2.45) is 0 Å². The van der Waals surface area contributed by atoms with Crippen molar-refractivity contribution in [1.82, 2.24) is 4.90 Å². The molecule has 0 radical (unpaired) electrons. The predicted octanol–water partition coefficient (Wildman–Crippen LogP) is 2.70. The molecule has 6 nitrogen and oxygen atoms in total. The summed E-state index contributed by atoms with van der Waals surface area (Å²) in [6.45, 7) is 3.30. The molecular weight excluding hydrogens is 356 g/mol. The molecule has 2 amide bonds. The minimum Gasteiger partial charge on any atom is -0.493 e. The Balaban J connectivity index is 1.58. The molecule has 0 spiro atoms. The summed E-state index contributed by atoms with van der Waals surface area (Å²) in [5.74, 6) is 1.11. The molecule has 2 heterocycles. The zero-order chi connectivity index (χ0) is 19.8. The van der Waals surface area contributed by atoms with E-state index in [1.54, 1.807) is 14.2 Å². The highest BCUT2D eigenvalue weighted by atomic mass is 16.5. The first kappa shape index (κ1) is 18.5.